The fourth-order valence-corrected chi connectivity index (χ4v) is 2.43. The molecule has 0 saturated heterocycles. The van der Waals surface area contributed by atoms with Crippen LogP contribution in [0.15, 0.2) is 0 Å². The molecule has 120 valence electrons. The Morgan fingerprint density at radius 2 is 1.90 bits per heavy atom. The Morgan fingerprint density at radius 1 is 1.30 bits per heavy atom. The Labute approximate surface area is 125 Å². The predicted octanol–water partition coefficient (Wildman–Crippen LogP) is 2.67. The topological polar surface area (TPSA) is 41.6 Å². The van der Waals surface area contributed by atoms with Crippen molar-refractivity contribution in [3.05, 3.63) is 0 Å². The van der Waals surface area contributed by atoms with Crippen LogP contribution in [0.1, 0.15) is 54.4 Å². The molecule has 0 aromatic rings. The normalized spacial score (nSPS) is 16.2. The van der Waals surface area contributed by atoms with Gasteiger partial charge in [-0.25, -0.2) is 0 Å². The van der Waals surface area contributed by atoms with Crippen LogP contribution < -0.4 is 5.32 Å². The molecular formula is C16H34N2O2. The van der Waals surface area contributed by atoms with Gasteiger partial charge in [0, 0.05) is 12.6 Å². The van der Waals surface area contributed by atoms with Crippen LogP contribution in [0, 0.1) is 5.92 Å². The zero-order valence-corrected chi connectivity index (χ0v) is 14.5. The number of hydrogen-bond acceptors (Lipinski definition) is 4. The van der Waals surface area contributed by atoms with Crippen molar-refractivity contribution >= 4 is 5.97 Å². The van der Waals surface area contributed by atoms with Gasteiger partial charge in [0.1, 0.15) is 5.54 Å². The molecule has 0 radical (unpaired) electrons. The summed E-state index contributed by atoms with van der Waals surface area (Å²) in [6, 6.07) is 0.531. The summed E-state index contributed by atoms with van der Waals surface area (Å²) in [7, 11) is 2.13. The van der Waals surface area contributed by atoms with E-state index in [9.17, 15) is 4.79 Å². The Kier molecular flexibility index (Phi) is 9.06. The average molecular weight is 286 g/mol. The van der Waals surface area contributed by atoms with E-state index in [0.717, 1.165) is 19.5 Å². The Hall–Kier alpha value is -0.610. The van der Waals surface area contributed by atoms with Gasteiger partial charge in [0.05, 0.1) is 6.61 Å². The van der Waals surface area contributed by atoms with E-state index in [0.29, 0.717) is 18.6 Å². The number of esters is 1. The molecule has 0 saturated carbocycles. The SMILES string of the molecule is CCNC(C)(CCN(C)C(C)CC(C)C)C(=O)OCC. The van der Waals surface area contributed by atoms with Gasteiger partial charge in [-0.2, -0.15) is 0 Å². The number of nitrogens with one attached hydrogen (secondary N) is 1. The Morgan fingerprint density at radius 3 is 2.35 bits per heavy atom. The van der Waals surface area contributed by atoms with E-state index in [1.165, 1.54) is 6.42 Å². The smallest absolute Gasteiger partial charge is 0.326 e. The molecule has 20 heavy (non-hydrogen) atoms. The lowest BCUT2D eigenvalue weighted by atomic mass is 9.96. The molecule has 0 rings (SSSR count). The highest BCUT2D eigenvalue weighted by Crippen LogP contribution is 2.16. The van der Waals surface area contributed by atoms with Crippen molar-refractivity contribution in [1.29, 1.82) is 0 Å². The summed E-state index contributed by atoms with van der Waals surface area (Å²) in [5.41, 5.74) is -0.587. The first kappa shape index (κ1) is 19.4. The van der Waals surface area contributed by atoms with E-state index in [1.807, 2.05) is 20.8 Å². The van der Waals surface area contributed by atoms with E-state index in [1.54, 1.807) is 0 Å². The minimum Gasteiger partial charge on any atom is -0.465 e. The third kappa shape index (κ3) is 6.71. The number of carbonyl (C=O) groups is 1. The van der Waals surface area contributed by atoms with E-state index in [-0.39, 0.29) is 5.97 Å². The summed E-state index contributed by atoms with van der Waals surface area (Å²) in [6.45, 7) is 14.6. The van der Waals surface area contributed by atoms with Crippen molar-refractivity contribution in [3.63, 3.8) is 0 Å². The summed E-state index contributed by atoms with van der Waals surface area (Å²) in [5, 5.41) is 3.28. The lowest BCUT2D eigenvalue weighted by Gasteiger charge is -2.32. The van der Waals surface area contributed by atoms with Crippen LogP contribution in [0.25, 0.3) is 0 Å². The summed E-state index contributed by atoms with van der Waals surface area (Å²) < 4.78 is 5.20. The van der Waals surface area contributed by atoms with Gasteiger partial charge in [-0.05, 0) is 53.1 Å². The molecule has 0 aromatic carbocycles. The molecule has 4 heteroatoms. The largest absolute Gasteiger partial charge is 0.465 e. The van der Waals surface area contributed by atoms with Gasteiger partial charge >= 0.3 is 5.97 Å². The van der Waals surface area contributed by atoms with Crippen LogP contribution in [-0.2, 0) is 9.53 Å². The minimum atomic E-state index is -0.587. The Balaban J connectivity index is 4.49. The second-order valence-electron chi connectivity index (χ2n) is 6.29. The van der Waals surface area contributed by atoms with Crippen molar-refractivity contribution in [3.8, 4) is 0 Å². The van der Waals surface area contributed by atoms with Crippen molar-refractivity contribution in [2.45, 2.75) is 66.0 Å². The van der Waals surface area contributed by atoms with Gasteiger partial charge in [-0.1, -0.05) is 20.8 Å². The zero-order chi connectivity index (χ0) is 15.8. The molecule has 0 aliphatic rings. The standard InChI is InChI=1S/C16H34N2O2/c1-8-17-16(6,15(19)20-9-2)10-11-18(7)14(5)12-13(3)4/h13-14,17H,8-12H2,1-7H3. The minimum absolute atomic E-state index is 0.147. The summed E-state index contributed by atoms with van der Waals surface area (Å²) >= 11 is 0. The van der Waals surface area contributed by atoms with E-state index in [4.69, 9.17) is 4.74 Å². The number of ether oxygens (including phenoxy) is 1. The molecular weight excluding hydrogens is 252 g/mol. The zero-order valence-electron chi connectivity index (χ0n) is 14.5. The van der Waals surface area contributed by atoms with Crippen LogP contribution in [-0.4, -0.2) is 49.2 Å². The second-order valence-corrected chi connectivity index (χ2v) is 6.29. The lowest BCUT2D eigenvalue weighted by Crippen LogP contribution is -2.52. The third-order valence-electron chi connectivity index (χ3n) is 3.82. The number of carbonyl (C=O) groups excluding carboxylic acids is 1. The maximum Gasteiger partial charge on any atom is 0.326 e. The average Bonchev–Trinajstić information content (AvgIpc) is 2.35. The first-order valence-electron chi connectivity index (χ1n) is 7.89. The maximum atomic E-state index is 12.1. The van der Waals surface area contributed by atoms with Crippen LogP contribution in [0.5, 0.6) is 0 Å². The highest BCUT2D eigenvalue weighted by Gasteiger charge is 2.33. The van der Waals surface area contributed by atoms with Gasteiger partial charge < -0.3 is 15.0 Å². The van der Waals surface area contributed by atoms with Crippen LogP contribution in [0.3, 0.4) is 0 Å². The molecule has 0 heterocycles. The van der Waals surface area contributed by atoms with Crippen LogP contribution in [0.2, 0.25) is 0 Å². The summed E-state index contributed by atoms with van der Waals surface area (Å²) in [6.07, 6.45) is 1.94. The fraction of sp³-hybridized carbons (Fsp3) is 0.938. The molecule has 0 fully saturated rings. The van der Waals surface area contributed by atoms with Crippen molar-refractivity contribution in [2.24, 2.45) is 5.92 Å². The molecule has 1 N–H and O–H groups in total. The van der Waals surface area contributed by atoms with Gasteiger partial charge in [0.2, 0.25) is 0 Å². The molecule has 0 spiro atoms. The van der Waals surface area contributed by atoms with Crippen molar-refractivity contribution < 1.29 is 9.53 Å². The van der Waals surface area contributed by atoms with Gasteiger partial charge in [0.15, 0.2) is 0 Å². The monoisotopic (exact) mass is 286 g/mol. The van der Waals surface area contributed by atoms with Gasteiger partial charge in [-0.15, -0.1) is 0 Å². The van der Waals surface area contributed by atoms with Crippen molar-refractivity contribution in [2.75, 3.05) is 26.7 Å². The van der Waals surface area contributed by atoms with Gasteiger partial charge in [0.25, 0.3) is 0 Å². The Bertz CT molecular complexity index is 282. The molecule has 0 aromatic heterocycles. The summed E-state index contributed by atoms with van der Waals surface area (Å²) in [4.78, 5) is 14.4. The number of rotatable bonds is 10. The maximum absolute atomic E-state index is 12.1. The molecule has 4 nitrogen and oxygen atoms in total. The highest BCUT2D eigenvalue weighted by molar-refractivity contribution is 5.80. The lowest BCUT2D eigenvalue weighted by molar-refractivity contribution is -0.151. The number of likely N-dealkylation sites (N-methyl/N-ethyl adjacent to an activating group) is 1. The second kappa shape index (κ2) is 9.35. The first-order valence-corrected chi connectivity index (χ1v) is 7.89. The quantitative estimate of drug-likeness (QED) is 0.627. The molecule has 0 bridgehead atoms. The predicted molar refractivity (Wildman–Crippen MR) is 84.9 cm³/mol. The highest BCUT2D eigenvalue weighted by atomic mass is 16.5. The number of nitrogens with zero attached hydrogens (tertiary/aromatic N) is 1. The van der Waals surface area contributed by atoms with Crippen LogP contribution in [0.4, 0.5) is 0 Å². The fourth-order valence-electron chi connectivity index (χ4n) is 2.43. The van der Waals surface area contributed by atoms with Crippen LogP contribution >= 0.6 is 0 Å². The van der Waals surface area contributed by atoms with E-state index in [2.05, 4.69) is 38.0 Å². The van der Waals surface area contributed by atoms with Gasteiger partial charge in [-0.3, -0.25) is 4.79 Å². The molecule has 0 aliphatic heterocycles. The first-order chi connectivity index (χ1) is 9.26. The molecule has 2 atom stereocenters. The number of hydrogen-bond donors (Lipinski definition) is 1. The van der Waals surface area contributed by atoms with E-state index >= 15 is 0 Å². The molecule has 2 unspecified atom stereocenters. The molecule has 0 amide bonds. The third-order valence-corrected chi connectivity index (χ3v) is 3.82. The van der Waals surface area contributed by atoms with Crippen molar-refractivity contribution in [1.82, 2.24) is 10.2 Å². The summed E-state index contributed by atoms with van der Waals surface area (Å²) in [5.74, 6) is 0.546. The molecule has 0 aliphatic carbocycles. The van der Waals surface area contributed by atoms with E-state index < -0.39 is 5.54 Å².